The standard InChI is InChI=1S/C16H22O3/c1-9-11-5-6-15(2)8-10(15)4-7-16(3)13(19-16)12(11)18-14(9)17/h10-13H,1,4-8H2,2-3H3/t10-,11+,12+,13+,15+,16-/m1/s1. The number of esters is 1. The van der Waals surface area contributed by atoms with Crippen LogP contribution in [0.1, 0.15) is 46.0 Å². The molecule has 3 heteroatoms. The van der Waals surface area contributed by atoms with Crippen LogP contribution in [0.3, 0.4) is 0 Å². The minimum absolute atomic E-state index is 0.0609. The summed E-state index contributed by atoms with van der Waals surface area (Å²) in [4.78, 5) is 11.8. The highest BCUT2D eigenvalue weighted by molar-refractivity contribution is 5.91. The van der Waals surface area contributed by atoms with E-state index in [1.54, 1.807) is 0 Å². The van der Waals surface area contributed by atoms with Crippen molar-refractivity contribution in [3.63, 3.8) is 0 Å². The Labute approximate surface area is 114 Å². The van der Waals surface area contributed by atoms with E-state index >= 15 is 0 Å². The molecule has 0 amide bonds. The van der Waals surface area contributed by atoms with E-state index in [2.05, 4.69) is 20.4 Å². The Morgan fingerprint density at radius 1 is 1.26 bits per heavy atom. The Morgan fingerprint density at radius 3 is 2.84 bits per heavy atom. The highest BCUT2D eigenvalue weighted by Crippen LogP contribution is 2.61. The second kappa shape index (κ2) is 3.43. The van der Waals surface area contributed by atoms with Crippen LogP contribution in [0, 0.1) is 17.3 Å². The zero-order valence-corrected chi connectivity index (χ0v) is 11.8. The van der Waals surface area contributed by atoms with Gasteiger partial charge in [0.25, 0.3) is 0 Å². The van der Waals surface area contributed by atoms with Crippen molar-refractivity contribution in [2.24, 2.45) is 17.3 Å². The van der Waals surface area contributed by atoms with Gasteiger partial charge in [0.15, 0.2) is 0 Å². The van der Waals surface area contributed by atoms with Gasteiger partial charge in [0.05, 0.1) is 5.60 Å². The predicted octanol–water partition coefficient (Wildman–Crippen LogP) is 2.84. The molecule has 3 nitrogen and oxygen atoms in total. The summed E-state index contributed by atoms with van der Waals surface area (Å²) < 4.78 is 11.5. The lowest BCUT2D eigenvalue weighted by atomic mass is 9.81. The number of hydrogen-bond acceptors (Lipinski definition) is 3. The molecule has 0 unspecified atom stereocenters. The molecule has 19 heavy (non-hydrogen) atoms. The Hall–Kier alpha value is -0.830. The van der Waals surface area contributed by atoms with Crippen LogP contribution in [0.4, 0.5) is 0 Å². The van der Waals surface area contributed by atoms with E-state index in [4.69, 9.17) is 9.47 Å². The lowest BCUT2D eigenvalue weighted by Gasteiger charge is -2.21. The first-order chi connectivity index (χ1) is 8.93. The first-order valence-electron chi connectivity index (χ1n) is 7.51. The third kappa shape index (κ3) is 1.63. The van der Waals surface area contributed by atoms with E-state index in [0.29, 0.717) is 11.0 Å². The zero-order chi connectivity index (χ0) is 13.4. The van der Waals surface area contributed by atoms with Crippen molar-refractivity contribution in [1.29, 1.82) is 0 Å². The molecule has 2 aliphatic heterocycles. The normalized spacial score (nSPS) is 55.7. The largest absolute Gasteiger partial charge is 0.455 e. The minimum Gasteiger partial charge on any atom is -0.455 e. The van der Waals surface area contributed by atoms with Gasteiger partial charge in [-0.2, -0.15) is 0 Å². The Bertz CT molecular complexity index is 471. The summed E-state index contributed by atoms with van der Waals surface area (Å²) in [5.74, 6) is 0.831. The maximum absolute atomic E-state index is 11.8. The molecule has 4 rings (SSSR count). The van der Waals surface area contributed by atoms with Gasteiger partial charge < -0.3 is 9.47 Å². The van der Waals surface area contributed by atoms with E-state index in [0.717, 1.165) is 18.8 Å². The average molecular weight is 262 g/mol. The number of epoxide rings is 1. The van der Waals surface area contributed by atoms with Crippen LogP contribution in [0.25, 0.3) is 0 Å². The molecule has 2 aliphatic carbocycles. The maximum Gasteiger partial charge on any atom is 0.334 e. The fraction of sp³-hybridized carbons (Fsp3) is 0.812. The third-order valence-corrected chi connectivity index (χ3v) is 6.14. The average Bonchev–Trinajstić information content (AvgIpc) is 3.18. The van der Waals surface area contributed by atoms with Gasteiger partial charge in [-0.3, -0.25) is 0 Å². The van der Waals surface area contributed by atoms with Gasteiger partial charge in [0.2, 0.25) is 0 Å². The predicted molar refractivity (Wildman–Crippen MR) is 70.5 cm³/mol. The number of carbonyl (C=O) groups is 1. The van der Waals surface area contributed by atoms with Crippen molar-refractivity contribution < 1.29 is 14.3 Å². The van der Waals surface area contributed by atoms with E-state index < -0.39 is 0 Å². The van der Waals surface area contributed by atoms with Crippen LogP contribution >= 0.6 is 0 Å². The van der Waals surface area contributed by atoms with E-state index in [1.165, 1.54) is 19.3 Å². The lowest BCUT2D eigenvalue weighted by Crippen LogP contribution is -2.29. The van der Waals surface area contributed by atoms with Gasteiger partial charge >= 0.3 is 5.97 Å². The van der Waals surface area contributed by atoms with Gasteiger partial charge in [0, 0.05) is 11.5 Å². The molecule has 0 spiro atoms. The second-order valence-corrected chi connectivity index (χ2v) is 7.49. The molecule has 4 fully saturated rings. The molecule has 2 saturated carbocycles. The molecule has 104 valence electrons. The fourth-order valence-corrected chi connectivity index (χ4v) is 4.32. The van der Waals surface area contributed by atoms with Crippen molar-refractivity contribution in [3.8, 4) is 0 Å². The minimum atomic E-state index is -0.204. The maximum atomic E-state index is 11.8. The summed E-state index contributed by atoms with van der Waals surface area (Å²) in [6.07, 6.45) is 5.94. The molecule has 0 aromatic heterocycles. The van der Waals surface area contributed by atoms with Crippen molar-refractivity contribution in [1.82, 2.24) is 0 Å². The number of rotatable bonds is 0. The van der Waals surface area contributed by atoms with Gasteiger partial charge in [-0.1, -0.05) is 13.5 Å². The summed E-state index contributed by atoms with van der Waals surface area (Å²) in [7, 11) is 0. The first kappa shape index (κ1) is 12.0. The molecule has 2 heterocycles. The SMILES string of the molecule is C=C1C(=O)O[C@H]2[C@H]1CC[C@@]1(C)C[C@H]1CC[C@@]1(C)O[C@@H]21. The highest BCUT2D eigenvalue weighted by Gasteiger charge is 2.63. The summed E-state index contributed by atoms with van der Waals surface area (Å²) in [6, 6.07) is 0. The number of hydrogen-bond donors (Lipinski definition) is 0. The molecule has 4 aliphatic rings. The number of carbonyl (C=O) groups excluding carboxylic acids is 1. The summed E-state index contributed by atoms with van der Waals surface area (Å²) >= 11 is 0. The molecule has 0 radical (unpaired) electrons. The Morgan fingerprint density at radius 2 is 2.05 bits per heavy atom. The van der Waals surface area contributed by atoms with Crippen LogP contribution in [-0.4, -0.2) is 23.8 Å². The molecule has 0 aromatic rings. The van der Waals surface area contributed by atoms with E-state index in [-0.39, 0.29) is 29.7 Å². The topological polar surface area (TPSA) is 38.8 Å². The van der Waals surface area contributed by atoms with Crippen molar-refractivity contribution in [3.05, 3.63) is 12.2 Å². The Balaban J connectivity index is 1.62. The molecule has 0 aromatic carbocycles. The highest BCUT2D eigenvalue weighted by atomic mass is 16.6. The third-order valence-electron chi connectivity index (χ3n) is 6.14. The smallest absolute Gasteiger partial charge is 0.334 e. The van der Waals surface area contributed by atoms with Gasteiger partial charge in [0.1, 0.15) is 12.2 Å². The number of ether oxygens (including phenoxy) is 2. The molecule has 2 saturated heterocycles. The van der Waals surface area contributed by atoms with Crippen LogP contribution < -0.4 is 0 Å². The second-order valence-electron chi connectivity index (χ2n) is 7.49. The molecular formula is C16H22O3. The fourth-order valence-electron chi connectivity index (χ4n) is 4.32. The van der Waals surface area contributed by atoms with Crippen molar-refractivity contribution in [2.45, 2.75) is 63.8 Å². The summed E-state index contributed by atoms with van der Waals surface area (Å²) in [5.41, 5.74) is 1.10. The molecule has 0 N–H and O–H groups in total. The quantitative estimate of drug-likeness (QED) is 0.383. The lowest BCUT2D eigenvalue weighted by molar-refractivity contribution is -0.140. The van der Waals surface area contributed by atoms with Gasteiger partial charge in [-0.15, -0.1) is 0 Å². The van der Waals surface area contributed by atoms with E-state index in [9.17, 15) is 4.79 Å². The molecular weight excluding hydrogens is 240 g/mol. The van der Waals surface area contributed by atoms with Gasteiger partial charge in [-0.05, 0) is 50.4 Å². The van der Waals surface area contributed by atoms with E-state index in [1.807, 2.05) is 0 Å². The molecule has 0 bridgehead atoms. The summed E-state index contributed by atoms with van der Waals surface area (Å²) in [6.45, 7) is 8.52. The van der Waals surface area contributed by atoms with Crippen LogP contribution in [0.2, 0.25) is 0 Å². The van der Waals surface area contributed by atoms with Crippen LogP contribution in [-0.2, 0) is 14.3 Å². The molecule has 6 atom stereocenters. The van der Waals surface area contributed by atoms with Crippen molar-refractivity contribution >= 4 is 5.97 Å². The van der Waals surface area contributed by atoms with Crippen molar-refractivity contribution in [2.75, 3.05) is 0 Å². The monoisotopic (exact) mass is 262 g/mol. The van der Waals surface area contributed by atoms with Crippen LogP contribution in [0.15, 0.2) is 12.2 Å². The first-order valence-corrected chi connectivity index (χ1v) is 7.51. The number of fused-ring (bicyclic) bond motifs is 4. The Kier molecular flexibility index (Phi) is 2.16. The van der Waals surface area contributed by atoms with Crippen LogP contribution in [0.5, 0.6) is 0 Å². The van der Waals surface area contributed by atoms with Gasteiger partial charge in [-0.25, -0.2) is 4.79 Å². The zero-order valence-electron chi connectivity index (χ0n) is 11.8. The summed E-state index contributed by atoms with van der Waals surface area (Å²) in [5, 5.41) is 0.